The molecule has 0 fully saturated rings. The molecule has 0 unspecified atom stereocenters. The Morgan fingerprint density at radius 2 is 2.07 bits per heavy atom. The zero-order valence-electron chi connectivity index (χ0n) is 16.5. The molecule has 2 N–H and O–H groups in total. The van der Waals surface area contributed by atoms with Crippen molar-refractivity contribution < 1.29 is 17.9 Å². The molecule has 0 aliphatic rings. The minimum Gasteiger partial charge on any atom is -0.493 e. The Hall–Kier alpha value is -3.07. The number of hydrogen-bond donors (Lipinski definition) is 1. The Kier molecular flexibility index (Phi) is 6.31. The van der Waals surface area contributed by atoms with Crippen LogP contribution in [-0.2, 0) is 6.18 Å². The predicted octanol–water partition coefficient (Wildman–Crippen LogP) is 5.83. The van der Waals surface area contributed by atoms with Crippen molar-refractivity contribution in [2.75, 3.05) is 11.5 Å². The number of ether oxygens (including phenoxy) is 1. The van der Waals surface area contributed by atoms with Crippen LogP contribution in [0, 0.1) is 5.92 Å². The second-order valence-corrected chi connectivity index (χ2v) is 7.80. The Morgan fingerprint density at radius 1 is 1.30 bits per heavy atom. The van der Waals surface area contributed by atoms with Gasteiger partial charge >= 0.3 is 6.18 Å². The van der Waals surface area contributed by atoms with Crippen LogP contribution in [0.15, 0.2) is 60.5 Å². The third-order valence-electron chi connectivity index (χ3n) is 4.03. The minimum absolute atomic E-state index is 0.0473. The molecule has 0 bridgehead atoms. The number of nitrogens with two attached hydrogens (primary N) is 1. The molecule has 9 heteroatoms. The summed E-state index contributed by atoms with van der Waals surface area (Å²) in [6.45, 7) is 7.62. The number of halogens is 3. The van der Waals surface area contributed by atoms with Crippen molar-refractivity contribution in [1.82, 2.24) is 9.97 Å². The fourth-order valence-corrected chi connectivity index (χ4v) is 3.56. The number of hydrogen-bond acceptors (Lipinski definition) is 6. The lowest BCUT2D eigenvalue weighted by Gasteiger charge is -2.23. The number of aromatic nitrogens is 2. The molecule has 0 saturated carbocycles. The van der Waals surface area contributed by atoms with E-state index in [0.717, 1.165) is 11.6 Å². The standard InChI is InChI=1S/C21H21F3N4OS/c1-13(2)11-29-19-7-6-16(9-17(19)21(22,23)24)28(14(3)25)20-27-18(12-30-20)15-5-4-8-26-10-15/h4-10,12-13H,3,11,25H2,1-2H3. The summed E-state index contributed by atoms with van der Waals surface area (Å²) >= 11 is 1.24. The molecule has 2 aromatic heterocycles. The van der Waals surface area contributed by atoms with Crippen molar-refractivity contribution in [2.45, 2.75) is 20.0 Å². The molecule has 0 radical (unpaired) electrons. The molecule has 0 amide bonds. The maximum atomic E-state index is 13.7. The Balaban J connectivity index is 2.00. The zero-order valence-corrected chi connectivity index (χ0v) is 17.3. The van der Waals surface area contributed by atoms with Crippen LogP contribution >= 0.6 is 11.3 Å². The number of thiazole rings is 1. The van der Waals surface area contributed by atoms with Gasteiger partial charge in [0.2, 0.25) is 0 Å². The quantitative estimate of drug-likeness (QED) is 0.507. The van der Waals surface area contributed by atoms with E-state index in [9.17, 15) is 13.2 Å². The van der Waals surface area contributed by atoms with E-state index in [2.05, 4.69) is 16.5 Å². The van der Waals surface area contributed by atoms with Crippen LogP contribution in [0.1, 0.15) is 19.4 Å². The Bertz CT molecular complexity index is 1020. The third kappa shape index (κ3) is 4.91. The minimum atomic E-state index is -4.59. The van der Waals surface area contributed by atoms with Crippen LogP contribution in [0.25, 0.3) is 11.3 Å². The van der Waals surface area contributed by atoms with Crippen molar-refractivity contribution in [3.8, 4) is 17.0 Å². The number of anilines is 2. The zero-order chi connectivity index (χ0) is 21.9. The molecule has 0 saturated heterocycles. The SMILES string of the molecule is C=C(N)N(c1ccc(OCC(C)C)c(C(F)(F)F)c1)c1nc(-c2cccnc2)cs1. The van der Waals surface area contributed by atoms with Crippen molar-refractivity contribution in [1.29, 1.82) is 0 Å². The average Bonchev–Trinajstić information content (AvgIpc) is 3.16. The van der Waals surface area contributed by atoms with Gasteiger partial charge in [-0.15, -0.1) is 11.3 Å². The van der Waals surface area contributed by atoms with Crippen LogP contribution in [0.3, 0.4) is 0 Å². The van der Waals surface area contributed by atoms with E-state index in [0.29, 0.717) is 10.8 Å². The first-order chi connectivity index (χ1) is 14.2. The van der Waals surface area contributed by atoms with Crippen LogP contribution < -0.4 is 15.4 Å². The Labute approximate surface area is 176 Å². The molecule has 30 heavy (non-hydrogen) atoms. The fraction of sp³-hybridized carbons (Fsp3) is 0.238. The number of pyridine rings is 1. The van der Waals surface area contributed by atoms with Gasteiger partial charge in [-0.3, -0.25) is 9.88 Å². The predicted molar refractivity (Wildman–Crippen MR) is 113 cm³/mol. The van der Waals surface area contributed by atoms with Crippen molar-refractivity contribution >= 4 is 22.2 Å². The summed E-state index contributed by atoms with van der Waals surface area (Å²) in [6.07, 6.45) is -1.29. The summed E-state index contributed by atoms with van der Waals surface area (Å²) in [7, 11) is 0. The van der Waals surface area contributed by atoms with Gasteiger partial charge in [-0.2, -0.15) is 13.2 Å². The maximum absolute atomic E-state index is 13.7. The number of nitrogens with zero attached hydrogens (tertiary/aromatic N) is 3. The lowest BCUT2D eigenvalue weighted by atomic mass is 10.1. The van der Waals surface area contributed by atoms with Crippen molar-refractivity contribution in [3.05, 3.63) is 66.1 Å². The highest BCUT2D eigenvalue weighted by Crippen LogP contribution is 2.41. The van der Waals surface area contributed by atoms with Crippen LogP contribution in [0.4, 0.5) is 24.0 Å². The summed E-state index contributed by atoms with van der Waals surface area (Å²) < 4.78 is 46.4. The van der Waals surface area contributed by atoms with Gasteiger partial charge in [0.15, 0.2) is 5.13 Å². The molecule has 0 aliphatic heterocycles. The van der Waals surface area contributed by atoms with Crippen molar-refractivity contribution in [2.24, 2.45) is 11.7 Å². The van der Waals surface area contributed by atoms with E-state index in [1.807, 2.05) is 19.9 Å². The second-order valence-electron chi connectivity index (χ2n) is 6.97. The maximum Gasteiger partial charge on any atom is 0.420 e. The fourth-order valence-electron chi connectivity index (χ4n) is 2.67. The van der Waals surface area contributed by atoms with Gasteiger partial charge in [-0.25, -0.2) is 4.98 Å². The molecule has 0 atom stereocenters. The first-order valence-electron chi connectivity index (χ1n) is 9.11. The number of rotatable bonds is 7. The molecule has 1 aromatic carbocycles. The van der Waals surface area contributed by atoms with Crippen LogP contribution in [-0.4, -0.2) is 16.6 Å². The van der Waals surface area contributed by atoms with Crippen LogP contribution in [0.5, 0.6) is 5.75 Å². The molecule has 0 aliphatic carbocycles. The van der Waals surface area contributed by atoms with Gasteiger partial charge in [0.05, 0.1) is 23.6 Å². The van der Waals surface area contributed by atoms with E-state index in [-0.39, 0.29) is 29.8 Å². The molecular formula is C21H21F3N4OS. The summed E-state index contributed by atoms with van der Waals surface area (Å²) in [6, 6.07) is 7.43. The largest absolute Gasteiger partial charge is 0.493 e. The van der Waals surface area contributed by atoms with E-state index in [4.69, 9.17) is 10.5 Å². The van der Waals surface area contributed by atoms with Crippen molar-refractivity contribution in [3.63, 3.8) is 0 Å². The summed E-state index contributed by atoms with van der Waals surface area (Å²) in [4.78, 5) is 9.94. The Morgan fingerprint density at radius 3 is 2.67 bits per heavy atom. The molecule has 3 rings (SSSR count). The molecule has 3 aromatic rings. The van der Waals surface area contributed by atoms with E-state index in [1.54, 1.807) is 23.8 Å². The lowest BCUT2D eigenvalue weighted by molar-refractivity contribution is -0.139. The smallest absolute Gasteiger partial charge is 0.420 e. The number of benzene rings is 1. The summed E-state index contributed by atoms with van der Waals surface area (Å²) in [5.41, 5.74) is 6.66. The third-order valence-corrected chi connectivity index (χ3v) is 4.85. The van der Waals surface area contributed by atoms with Gasteiger partial charge in [0, 0.05) is 23.3 Å². The van der Waals surface area contributed by atoms with Gasteiger partial charge < -0.3 is 10.5 Å². The van der Waals surface area contributed by atoms with Gasteiger partial charge in [0.25, 0.3) is 0 Å². The molecule has 5 nitrogen and oxygen atoms in total. The average molecular weight is 434 g/mol. The van der Waals surface area contributed by atoms with Gasteiger partial charge in [-0.05, 0) is 36.2 Å². The summed E-state index contributed by atoms with van der Waals surface area (Å²) in [5.74, 6) is -0.0870. The molecule has 158 valence electrons. The van der Waals surface area contributed by atoms with E-state index < -0.39 is 11.7 Å². The molecule has 0 spiro atoms. The summed E-state index contributed by atoms with van der Waals surface area (Å²) in [5, 5.41) is 2.18. The van der Waals surface area contributed by atoms with E-state index in [1.165, 1.54) is 28.4 Å². The molecular weight excluding hydrogens is 413 g/mol. The second kappa shape index (κ2) is 8.74. The normalized spacial score (nSPS) is 11.5. The van der Waals surface area contributed by atoms with Crippen LogP contribution in [0.2, 0.25) is 0 Å². The van der Waals surface area contributed by atoms with Gasteiger partial charge in [0.1, 0.15) is 11.6 Å². The topological polar surface area (TPSA) is 64.3 Å². The van der Waals surface area contributed by atoms with E-state index >= 15 is 0 Å². The molecule has 2 heterocycles. The first-order valence-corrected chi connectivity index (χ1v) is 9.99. The first kappa shape index (κ1) is 21.6. The monoisotopic (exact) mass is 434 g/mol. The highest BCUT2D eigenvalue weighted by molar-refractivity contribution is 7.14. The highest BCUT2D eigenvalue weighted by Gasteiger charge is 2.35. The number of alkyl halides is 3. The highest BCUT2D eigenvalue weighted by atomic mass is 32.1. The van der Waals surface area contributed by atoms with Gasteiger partial charge in [-0.1, -0.05) is 20.4 Å². The lowest BCUT2D eigenvalue weighted by Crippen LogP contribution is -2.22.